The lowest BCUT2D eigenvalue weighted by atomic mass is 10.1. The fraction of sp³-hybridized carbons (Fsp3) is 0.417. The highest BCUT2D eigenvalue weighted by molar-refractivity contribution is 6.18. The topological polar surface area (TPSA) is 49.3 Å². The number of amides is 1. The Morgan fingerprint density at radius 3 is 2.44 bits per heavy atom. The predicted octanol–water partition coefficient (Wildman–Crippen LogP) is 2.39. The van der Waals surface area contributed by atoms with Crippen molar-refractivity contribution in [3.63, 3.8) is 0 Å². The summed E-state index contributed by atoms with van der Waals surface area (Å²) in [5.74, 6) is 0.739. The molecule has 2 N–H and O–H groups in total. The molecule has 0 bridgehead atoms. The summed E-state index contributed by atoms with van der Waals surface area (Å²) in [6.07, 6.45) is 0. The molecule has 3 nitrogen and oxygen atoms in total. The van der Waals surface area contributed by atoms with Crippen molar-refractivity contribution in [2.45, 2.75) is 19.9 Å². The molecule has 0 spiro atoms. The van der Waals surface area contributed by atoms with E-state index in [2.05, 4.69) is 5.32 Å². The lowest BCUT2D eigenvalue weighted by molar-refractivity contribution is 0.0931. The number of hydrogen-bond acceptors (Lipinski definition) is 2. The number of benzene rings is 1. The number of alkyl halides is 1. The van der Waals surface area contributed by atoms with E-state index in [0.717, 1.165) is 0 Å². The van der Waals surface area contributed by atoms with Gasteiger partial charge in [0.15, 0.2) is 0 Å². The maximum absolute atomic E-state index is 11.8. The van der Waals surface area contributed by atoms with Crippen LogP contribution in [0.5, 0.6) is 5.75 Å². The maximum atomic E-state index is 11.8. The molecule has 1 aromatic rings. The Bertz CT molecular complexity index is 351. The first-order valence-corrected chi connectivity index (χ1v) is 5.74. The van der Waals surface area contributed by atoms with E-state index in [0.29, 0.717) is 11.4 Å². The first-order valence-electron chi connectivity index (χ1n) is 5.20. The van der Waals surface area contributed by atoms with Gasteiger partial charge in [0.2, 0.25) is 0 Å². The van der Waals surface area contributed by atoms with Gasteiger partial charge >= 0.3 is 0 Å². The molecule has 1 amide bonds. The van der Waals surface area contributed by atoms with Gasteiger partial charge in [-0.3, -0.25) is 4.79 Å². The van der Waals surface area contributed by atoms with Crippen LogP contribution in [-0.2, 0) is 0 Å². The Kier molecular flexibility index (Phi) is 4.62. The minimum atomic E-state index is -0.149. The van der Waals surface area contributed by atoms with E-state index in [-0.39, 0.29) is 23.6 Å². The molecule has 0 aromatic heterocycles. The van der Waals surface area contributed by atoms with Gasteiger partial charge in [-0.05, 0) is 37.1 Å². The normalized spacial score (nSPS) is 14.2. The van der Waals surface area contributed by atoms with Gasteiger partial charge in [0.05, 0.1) is 0 Å². The van der Waals surface area contributed by atoms with Gasteiger partial charge in [0.1, 0.15) is 5.75 Å². The molecule has 1 rings (SSSR count). The Labute approximate surface area is 100 Å². The van der Waals surface area contributed by atoms with Crippen LogP contribution in [0.4, 0.5) is 0 Å². The first kappa shape index (κ1) is 12.8. The highest BCUT2D eigenvalue weighted by Gasteiger charge is 2.14. The Hall–Kier alpha value is -1.22. The number of rotatable bonds is 4. The number of nitrogens with one attached hydrogen (secondary N) is 1. The molecule has 0 heterocycles. The third-order valence-electron chi connectivity index (χ3n) is 2.59. The van der Waals surface area contributed by atoms with Gasteiger partial charge in [-0.1, -0.05) is 6.92 Å². The van der Waals surface area contributed by atoms with Crippen LogP contribution < -0.4 is 5.32 Å². The third kappa shape index (κ3) is 3.42. The van der Waals surface area contributed by atoms with Crippen LogP contribution in [-0.4, -0.2) is 22.9 Å². The summed E-state index contributed by atoms with van der Waals surface area (Å²) >= 11 is 5.71. The van der Waals surface area contributed by atoms with Gasteiger partial charge in [-0.15, -0.1) is 11.6 Å². The van der Waals surface area contributed by atoms with E-state index in [9.17, 15) is 4.79 Å². The van der Waals surface area contributed by atoms with Crippen molar-refractivity contribution in [1.29, 1.82) is 0 Å². The molecule has 16 heavy (non-hydrogen) atoms. The highest BCUT2D eigenvalue weighted by Crippen LogP contribution is 2.11. The van der Waals surface area contributed by atoms with Gasteiger partial charge in [-0.25, -0.2) is 0 Å². The monoisotopic (exact) mass is 241 g/mol. The standard InChI is InChI=1S/C12H16ClNO2/c1-8(7-13)9(2)14-12(16)10-3-5-11(15)6-4-10/h3-6,8-9,15H,7H2,1-2H3,(H,14,16). The quantitative estimate of drug-likeness (QED) is 0.796. The number of hydrogen-bond donors (Lipinski definition) is 2. The average molecular weight is 242 g/mol. The molecule has 0 aliphatic carbocycles. The number of phenolic OH excluding ortho intramolecular Hbond substituents is 1. The average Bonchev–Trinajstić information content (AvgIpc) is 2.28. The maximum Gasteiger partial charge on any atom is 0.251 e. The van der Waals surface area contributed by atoms with E-state index in [1.807, 2.05) is 13.8 Å². The van der Waals surface area contributed by atoms with Gasteiger partial charge in [0.25, 0.3) is 5.91 Å². The van der Waals surface area contributed by atoms with Crippen molar-refractivity contribution in [1.82, 2.24) is 5.32 Å². The number of carbonyl (C=O) groups is 1. The molecular formula is C12H16ClNO2. The Morgan fingerprint density at radius 2 is 1.94 bits per heavy atom. The van der Waals surface area contributed by atoms with Crippen LogP contribution in [0.2, 0.25) is 0 Å². The van der Waals surface area contributed by atoms with E-state index in [1.54, 1.807) is 12.1 Å². The zero-order valence-electron chi connectivity index (χ0n) is 9.40. The summed E-state index contributed by atoms with van der Waals surface area (Å²) < 4.78 is 0. The van der Waals surface area contributed by atoms with E-state index < -0.39 is 0 Å². The van der Waals surface area contributed by atoms with Crippen LogP contribution in [0.3, 0.4) is 0 Å². The number of aromatic hydroxyl groups is 1. The first-order chi connectivity index (χ1) is 7.54. The summed E-state index contributed by atoms with van der Waals surface area (Å²) in [7, 11) is 0. The largest absolute Gasteiger partial charge is 0.508 e. The van der Waals surface area contributed by atoms with Crippen LogP contribution >= 0.6 is 11.6 Å². The number of halogens is 1. The van der Waals surface area contributed by atoms with Gasteiger partial charge < -0.3 is 10.4 Å². The predicted molar refractivity (Wildman–Crippen MR) is 64.9 cm³/mol. The molecule has 0 aliphatic heterocycles. The van der Waals surface area contributed by atoms with E-state index >= 15 is 0 Å². The van der Waals surface area contributed by atoms with E-state index in [1.165, 1.54) is 12.1 Å². The fourth-order valence-corrected chi connectivity index (χ4v) is 1.45. The molecule has 0 saturated carbocycles. The smallest absolute Gasteiger partial charge is 0.251 e. The van der Waals surface area contributed by atoms with Crippen LogP contribution in [0.1, 0.15) is 24.2 Å². The summed E-state index contributed by atoms with van der Waals surface area (Å²) in [5, 5.41) is 12.0. The fourth-order valence-electron chi connectivity index (χ4n) is 1.18. The molecular weight excluding hydrogens is 226 g/mol. The molecule has 2 atom stereocenters. The third-order valence-corrected chi connectivity index (χ3v) is 3.07. The summed E-state index contributed by atoms with van der Waals surface area (Å²) in [4.78, 5) is 11.8. The molecule has 4 heteroatoms. The minimum absolute atomic E-state index is 0.0267. The molecule has 0 radical (unpaired) electrons. The second-order valence-corrected chi connectivity index (χ2v) is 4.25. The summed E-state index contributed by atoms with van der Waals surface area (Å²) in [5.41, 5.74) is 0.534. The van der Waals surface area contributed by atoms with E-state index in [4.69, 9.17) is 16.7 Å². The molecule has 0 aliphatic rings. The van der Waals surface area contributed by atoms with Crippen molar-refractivity contribution >= 4 is 17.5 Å². The van der Waals surface area contributed by atoms with Gasteiger partial charge in [0, 0.05) is 17.5 Å². The molecule has 0 saturated heterocycles. The second-order valence-electron chi connectivity index (χ2n) is 3.94. The van der Waals surface area contributed by atoms with Gasteiger partial charge in [-0.2, -0.15) is 0 Å². The van der Waals surface area contributed by atoms with Crippen molar-refractivity contribution < 1.29 is 9.90 Å². The van der Waals surface area contributed by atoms with Crippen LogP contribution in [0, 0.1) is 5.92 Å². The van der Waals surface area contributed by atoms with Crippen molar-refractivity contribution in [3.8, 4) is 5.75 Å². The minimum Gasteiger partial charge on any atom is -0.508 e. The molecule has 2 unspecified atom stereocenters. The Balaban J connectivity index is 2.62. The lowest BCUT2D eigenvalue weighted by Gasteiger charge is -2.19. The summed E-state index contributed by atoms with van der Waals surface area (Å²) in [6.45, 7) is 3.90. The zero-order chi connectivity index (χ0) is 12.1. The molecule has 1 aromatic carbocycles. The second kappa shape index (κ2) is 5.75. The van der Waals surface area contributed by atoms with Crippen LogP contribution in [0.15, 0.2) is 24.3 Å². The lowest BCUT2D eigenvalue weighted by Crippen LogP contribution is -2.37. The Morgan fingerprint density at radius 1 is 1.38 bits per heavy atom. The van der Waals surface area contributed by atoms with Crippen molar-refractivity contribution in [2.75, 3.05) is 5.88 Å². The number of phenols is 1. The van der Waals surface area contributed by atoms with Crippen molar-refractivity contribution in [3.05, 3.63) is 29.8 Å². The number of carbonyl (C=O) groups excluding carboxylic acids is 1. The van der Waals surface area contributed by atoms with Crippen molar-refractivity contribution in [2.24, 2.45) is 5.92 Å². The SMILES string of the molecule is CC(CCl)C(C)NC(=O)c1ccc(O)cc1. The molecule has 88 valence electrons. The zero-order valence-corrected chi connectivity index (χ0v) is 10.2. The highest BCUT2D eigenvalue weighted by atomic mass is 35.5. The van der Waals surface area contributed by atoms with Crippen LogP contribution in [0.25, 0.3) is 0 Å². The molecule has 0 fully saturated rings. The summed E-state index contributed by atoms with van der Waals surface area (Å²) in [6, 6.07) is 6.18.